The Morgan fingerprint density at radius 1 is 1.39 bits per heavy atom. The van der Waals surface area contributed by atoms with Crippen molar-refractivity contribution in [2.75, 3.05) is 18.8 Å². The van der Waals surface area contributed by atoms with Crippen LogP contribution in [0.2, 0.25) is 5.02 Å². The minimum absolute atomic E-state index is 0.0810. The van der Waals surface area contributed by atoms with Crippen LogP contribution in [-0.4, -0.2) is 29.6 Å². The Kier molecular flexibility index (Phi) is 6.50. The van der Waals surface area contributed by atoms with Crippen LogP contribution in [0.3, 0.4) is 0 Å². The number of nitrogens with zero attached hydrogens (tertiary/aromatic N) is 1. The van der Waals surface area contributed by atoms with Crippen molar-refractivity contribution in [1.29, 1.82) is 0 Å². The van der Waals surface area contributed by atoms with Crippen LogP contribution in [0.5, 0.6) is 0 Å². The van der Waals surface area contributed by atoms with Gasteiger partial charge in [0.05, 0.1) is 5.75 Å². The van der Waals surface area contributed by atoms with Gasteiger partial charge in [-0.3, -0.25) is 4.79 Å². The average molecular weight is 290 g/mol. The lowest BCUT2D eigenvalue weighted by molar-refractivity contribution is -0.127. The summed E-state index contributed by atoms with van der Waals surface area (Å²) in [5.74, 6) is 0.535. The van der Waals surface area contributed by atoms with E-state index in [4.69, 9.17) is 11.6 Å². The number of carbonyl (C=O) groups excluding carboxylic acids is 1. The number of halogens is 2. The van der Waals surface area contributed by atoms with E-state index in [2.05, 4.69) is 0 Å². The number of benzene rings is 1. The van der Waals surface area contributed by atoms with E-state index in [9.17, 15) is 9.18 Å². The van der Waals surface area contributed by atoms with Gasteiger partial charge in [-0.2, -0.15) is 0 Å². The summed E-state index contributed by atoms with van der Waals surface area (Å²) in [5, 5.41) is 0.415. The molecule has 0 atom stereocenters. The second kappa shape index (κ2) is 7.64. The summed E-state index contributed by atoms with van der Waals surface area (Å²) in [6.45, 7) is 5.30. The van der Waals surface area contributed by atoms with Crippen molar-refractivity contribution in [3.05, 3.63) is 34.6 Å². The Balaban J connectivity index is 2.49. The van der Waals surface area contributed by atoms with Gasteiger partial charge in [-0.25, -0.2) is 4.39 Å². The molecule has 2 nitrogen and oxygen atoms in total. The van der Waals surface area contributed by atoms with E-state index >= 15 is 0 Å². The lowest BCUT2D eigenvalue weighted by atomic mass is 10.2. The summed E-state index contributed by atoms with van der Waals surface area (Å²) in [6.07, 6.45) is 0. The van der Waals surface area contributed by atoms with Gasteiger partial charge in [-0.05, 0) is 26.0 Å². The topological polar surface area (TPSA) is 20.3 Å². The maximum atomic E-state index is 13.5. The first-order chi connectivity index (χ1) is 8.60. The predicted octanol–water partition coefficient (Wildman–Crippen LogP) is 3.58. The van der Waals surface area contributed by atoms with Crippen molar-refractivity contribution in [3.63, 3.8) is 0 Å². The first-order valence-electron chi connectivity index (χ1n) is 5.88. The summed E-state index contributed by atoms with van der Waals surface area (Å²) in [7, 11) is 0. The maximum Gasteiger partial charge on any atom is 0.232 e. The molecule has 0 saturated heterocycles. The smallest absolute Gasteiger partial charge is 0.232 e. The molecule has 1 aromatic rings. The zero-order valence-corrected chi connectivity index (χ0v) is 12.2. The highest BCUT2D eigenvalue weighted by molar-refractivity contribution is 7.99. The van der Waals surface area contributed by atoms with Gasteiger partial charge in [0.1, 0.15) is 5.82 Å². The Morgan fingerprint density at radius 2 is 2.06 bits per heavy atom. The molecule has 100 valence electrons. The number of carbonyl (C=O) groups is 1. The third kappa shape index (κ3) is 4.18. The molecule has 18 heavy (non-hydrogen) atoms. The van der Waals surface area contributed by atoms with Crippen LogP contribution in [0.1, 0.15) is 19.4 Å². The van der Waals surface area contributed by atoms with Gasteiger partial charge >= 0.3 is 0 Å². The first kappa shape index (κ1) is 15.3. The molecule has 0 unspecified atom stereocenters. The van der Waals surface area contributed by atoms with E-state index in [0.717, 1.165) is 0 Å². The van der Waals surface area contributed by atoms with Gasteiger partial charge in [0.15, 0.2) is 0 Å². The van der Waals surface area contributed by atoms with Gasteiger partial charge in [0.25, 0.3) is 0 Å². The Bertz CT molecular complexity index is 390. The molecule has 1 amide bonds. The normalized spacial score (nSPS) is 10.4. The zero-order valence-electron chi connectivity index (χ0n) is 10.6. The monoisotopic (exact) mass is 289 g/mol. The molecule has 0 fully saturated rings. The lowest BCUT2D eigenvalue weighted by Gasteiger charge is -2.18. The molecule has 1 rings (SSSR count). The van der Waals surface area contributed by atoms with Crippen LogP contribution >= 0.6 is 23.4 Å². The second-order valence-corrected chi connectivity index (χ2v) is 5.15. The first-order valence-corrected chi connectivity index (χ1v) is 7.41. The molecule has 0 aliphatic heterocycles. The molecule has 0 aromatic heterocycles. The summed E-state index contributed by atoms with van der Waals surface area (Å²) < 4.78 is 13.5. The Labute approximate surface area is 116 Å². The molecule has 0 aliphatic rings. The van der Waals surface area contributed by atoms with Crippen LogP contribution in [0, 0.1) is 5.82 Å². The molecule has 5 heteroatoms. The molecule has 0 N–H and O–H groups in total. The van der Waals surface area contributed by atoms with Crippen LogP contribution < -0.4 is 0 Å². The number of amides is 1. The highest BCUT2D eigenvalue weighted by atomic mass is 35.5. The third-order valence-electron chi connectivity index (χ3n) is 2.65. The van der Waals surface area contributed by atoms with Crippen LogP contribution in [-0.2, 0) is 10.5 Å². The minimum atomic E-state index is -0.315. The molecule has 0 bridgehead atoms. The number of thioether (sulfide) groups is 1. The fourth-order valence-electron chi connectivity index (χ4n) is 1.58. The summed E-state index contributed by atoms with van der Waals surface area (Å²) in [4.78, 5) is 13.5. The molecule has 1 aromatic carbocycles. The third-order valence-corrected chi connectivity index (χ3v) is 3.95. The predicted molar refractivity (Wildman–Crippen MR) is 75.5 cm³/mol. The van der Waals surface area contributed by atoms with Crippen LogP contribution in [0.4, 0.5) is 4.39 Å². The second-order valence-electron chi connectivity index (χ2n) is 3.76. The van der Waals surface area contributed by atoms with E-state index in [0.29, 0.717) is 35.2 Å². The van der Waals surface area contributed by atoms with Crippen molar-refractivity contribution in [2.45, 2.75) is 19.6 Å². The summed E-state index contributed by atoms with van der Waals surface area (Å²) in [5.41, 5.74) is 0.469. The standard InChI is InChI=1S/C13H17ClFNOS/c1-3-16(4-2)13(17)9-18-8-10-11(14)6-5-7-12(10)15/h5-7H,3-4,8-9H2,1-2H3. The number of rotatable bonds is 6. The lowest BCUT2D eigenvalue weighted by Crippen LogP contribution is -2.31. The maximum absolute atomic E-state index is 13.5. The van der Waals surface area contributed by atoms with Gasteiger partial charge in [-0.1, -0.05) is 17.7 Å². The van der Waals surface area contributed by atoms with Crippen LogP contribution in [0.25, 0.3) is 0 Å². The fourth-order valence-corrected chi connectivity index (χ4v) is 2.84. The van der Waals surface area contributed by atoms with E-state index in [-0.39, 0.29) is 11.7 Å². The van der Waals surface area contributed by atoms with Crippen molar-refractivity contribution < 1.29 is 9.18 Å². The fraction of sp³-hybridized carbons (Fsp3) is 0.462. The van der Waals surface area contributed by atoms with Gasteiger partial charge in [0.2, 0.25) is 5.91 Å². The number of hydrogen-bond acceptors (Lipinski definition) is 2. The molecule has 0 heterocycles. The van der Waals surface area contributed by atoms with E-state index in [1.165, 1.54) is 17.8 Å². The molecule has 0 spiro atoms. The van der Waals surface area contributed by atoms with E-state index < -0.39 is 0 Å². The molecular formula is C13H17ClFNOS. The minimum Gasteiger partial charge on any atom is -0.343 e. The zero-order chi connectivity index (χ0) is 13.5. The van der Waals surface area contributed by atoms with E-state index in [1.54, 1.807) is 17.0 Å². The summed E-state index contributed by atoms with van der Waals surface area (Å²) in [6, 6.07) is 4.62. The number of hydrogen-bond donors (Lipinski definition) is 0. The summed E-state index contributed by atoms with van der Waals surface area (Å²) >= 11 is 7.30. The highest BCUT2D eigenvalue weighted by Gasteiger charge is 2.11. The SMILES string of the molecule is CCN(CC)C(=O)CSCc1c(F)cccc1Cl. The highest BCUT2D eigenvalue weighted by Crippen LogP contribution is 2.23. The van der Waals surface area contributed by atoms with Crippen molar-refractivity contribution in [1.82, 2.24) is 4.90 Å². The molecular weight excluding hydrogens is 273 g/mol. The quantitative estimate of drug-likeness (QED) is 0.798. The Hall–Kier alpha value is -0.740. The van der Waals surface area contributed by atoms with Gasteiger partial charge in [-0.15, -0.1) is 11.8 Å². The Morgan fingerprint density at radius 3 is 2.61 bits per heavy atom. The average Bonchev–Trinajstić information content (AvgIpc) is 2.34. The molecule has 0 radical (unpaired) electrons. The largest absolute Gasteiger partial charge is 0.343 e. The van der Waals surface area contributed by atoms with Crippen molar-refractivity contribution in [3.8, 4) is 0 Å². The molecule has 0 saturated carbocycles. The van der Waals surface area contributed by atoms with E-state index in [1.807, 2.05) is 13.8 Å². The van der Waals surface area contributed by atoms with Crippen molar-refractivity contribution in [2.24, 2.45) is 0 Å². The van der Waals surface area contributed by atoms with Crippen LogP contribution in [0.15, 0.2) is 18.2 Å². The van der Waals surface area contributed by atoms with Gasteiger partial charge in [0, 0.05) is 29.4 Å². The molecule has 0 aliphatic carbocycles. The van der Waals surface area contributed by atoms with Gasteiger partial charge < -0.3 is 4.90 Å². The van der Waals surface area contributed by atoms with Crippen molar-refractivity contribution >= 4 is 29.3 Å².